The molecule has 0 radical (unpaired) electrons. The van der Waals surface area contributed by atoms with Gasteiger partial charge in [-0.3, -0.25) is 10.3 Å². The molecule has 1 aromatic rings. The monoisotopic (exact) mass is 245 g/mol. The van der Waals surface area contributed by atoms with E-state index in [1.807, 2.05) is 0 Å². The Hall–Kier alpha value is -1.31. The maximum atomic E-state index is 3.41. The molecule has 2 rings (SSSR count). The summed E-state index contributed by atoms with van der Waals surface area (Å²) >= 11 is 0. The molecule has 0 aliphatic carbocycles. The SMILES string of the molecule is Cc1cc(C(C)(C)C)cc(C)c1CC1=[NH+]CCN1. The second kappa shape index (κ2) is 4.75. The van der Waals surface area contributed by atoms with Gasteiger partial charge in [0.05, 0.1) is 6.42 Å². The van der Waals surface area contributed by atoms with Crippen LogP contribution in [0.4, 0.5) is 0 Å². The minimum Gasteiger partial charge on any atom is -0.274 e. The van der Waals surface area contributed by atoms with E-state index in [1.165, 1.54) is 28.1 Å². The highest BCUT2D eigenvalue weighted by Gasteiger charge is 2.19. The molecule has 0 saturated heterocycles. The van der Waals surface area contributed by atoms with Crippen LogP contribution < -0.4 is 10.3 Å². The Bertz CT molecular complexity index is 455. The van der Waals surface area contributed by atoms with Crippen LogP contribution in [0.25, 0.3) is 0 Å². The first-order chi connectivity index (χ1) is 8.38. The molecule has 18 heavy (non-hydrogen) atoms. The summed E-state index contributed by atoms with van der Waals surface area (Å²) < 4.78 is 0. The molecule has 0 bridgehead atoms. The molecule has 0 unspecified atom stereocenters. The van der Waals surface area contributed by atoms with E-state index in [1.54, 1.807) is 0 Å². The van der Waals surface area contributed by atoms with E-state index in [4.69, 9.17) is 0 Å². The van der Waals surface area contributed by atoms with E-state index in [2.05, 4.69) is 57.1 Å². The average Bonchev–Trinajstić information content (AvgIpc) is 2.74. The maximum absolute atomic E-state index is 3.41. The predicted molar refractivity (Wildman–Crippen MR) is 77.2 cm³/mol. The summed E-state index contributed by atoms with van der Waals surface area (Å²) in [6, 6.07) is 4.69. The van der Waals surface area contributed by atoms with Crippen molar-refractivity contribution in [2.24, 2.45) is 0 Å². The Balaban J connectivity index is 2.32. The first-order valence-corrected chi connectivity index (χ1v) is 6.82. The van der Waals surface area contributed by atoms with E-state index < -0.39 is 0 Å². The van der Waals surface area contributed by atoms with Crippen LogP contribution in [0.1, 0.15) is 43.0 Å². The van der Waals surface area contributed by atoms with Crippen molar-refractivity contribution in [2.75, 3.05) is 13.1 Å². The fourth-order valence-electron chi connectivity index (χ4n) is 2.50. The van der Waals surface area contributed by atoms with Crippen LogP contribution in [0, 0.1) is 13.8 Å². The summed E-state index contributed by atoms with van der Waals surface area (Å²) in [5, 5.41) is 3.41. The lowest BCUT2D eigenvalue weighted by atomic mass is 9.83. The van der Waals surface area contributed by atoms with E-state index in [9.17, 15) is 0 Å². The smallest absolute Gasteiger partial charge is 0.247 e. The molecule has 1 heterocycles. The zero-order valence-electron chi connectivity index (χ0n) is 12.3. The Kier molecular flexibility index (Phi) is 3.47. The van der Waals surface area contributed by atoms with Gasteiger partial charge in [-0.2, -0.15) is 0 Å². The van der Waals surface area contributed by atoms with Crippen molar-refractivity contribution < 1.29 is 4.99 Å². The predicted octanol–water partition coefficient (Wildman–Crippen LogP) is 1.23. The van der Waals surface area contributed by atoms with Crippen molar-refractivity contribution in [3.63, 3.8) is 0 Å². The van der Waals surface area contributed by atoms with Gasteiger partial charge in [0.2, 0.25) is 5.84 Å². The molecule has 0 aromatic heterocycles. The third kappa shape index (κ3) is 2.74. The fourth-order valence-corrected chi connectivity index (χ4v) is 2.50. The first-order valence-electron chi connectivity index (χ1n) is 6.82. The first kappa shape index (κ1) is 13.1. The maximum Gasteiger partial charge on any atom is 0.247 e. The summed E-state index contributed by atoms with van der Waals surface area (Å²) in [4.78, 5) is 3.41. The molecular formula is C16H25N2+. The van der Waals surface area contributed by atoms with E-state index in [-0.39, 0.29) is 5.41 Å². The van der Waals surface area contributed by atoms with Crippen molar-refractivity contribution in [2.45, 2.75) is 46.5 Å². The van der Waals surface area contributed by atoms with E-state index in [0.717, 1.165) is 19.5 Å². The largest absolute Gasteiger partial charge is 0.274 e. The number of rotatable bonds is 2. The van der Waals surface area contributed by atoms with Crippen molar-refractivity contribution in [3.8, 4) is 0 Å². The summed E-state index contributed by atoms with van der Waals surface area (Å²) in [5.41, 5.74) is 5.93. The zero-order valence-corrected chi connectivity index (χ0v) is 12.3. The molecule has 2 heteroatoms. The molecule has 1 aromatic carbocycles. The average molecular weight is 245 g/mol. The molecule has 2 N–H and O–H groups in total. The molecule has 98 valence electrons. The van der Waals surface area contributed by atoms with Gasteiger partial charge in [-0.05, 0) is 41.5 Å². The summed E-state index contributed by atoms with van der Waals surface area (Å²) in [6.07, 6.45) is 1.00. The number of aryl methyl sites for hydroxylation is 2. The second-order valence-corrected chi connectivity index (χ2v) is 6.35. The summed E-state index contributed by atoms with van der Waals surface area (Å²) in [6.45, 7) is 13.4. The van der Waals surface area contributed by atoms with Gasteiger partial charge in [0.25, 0.3) is 0 Å². The lowest BCUT2D eigenvalue weighted by Crippen LogP contribution is -2.71. The van der Waals surface area contributed by atoms with Crippen LogP contribution in [-0.4, -0.2) is 18.9 Å². The Morgan fingerprint density at radius 2 is 1.78 bits per heavy atom. The fraction of sp³-hybridized carbons (Fsp3) is 0.562. The van der Waals surface area contributed by atoms with Crippen LogP contribution >= 0.6 is 0 Å². The molecule has 1 aliphatic heterocycles. The van der Waals surface area contributed by atoms with Crippen molar-refractivity contribution in [1.29, 1.82) is 0 Å². The Labute approximate surface area is 111 Å². The van der Waals surface area contributed by atoms with Gasteiger partial charge in [0.15, 0.2) is 0 Å². The highest BCUT2D eigenvalue weighted by atomic mass is 15.1. The van der Waals surface area contributed by atoms with Crippen LogP contribution in [0.5, 0.6) is 0 Å². The zero-order chi connectivity index (χ0) is 13.3. The van der Waals surface area contributed by atoms with Gasteiger partial charge in [-0.15, -0.1) is 0 Å². The highest BCUT2D eigenvalue weighted by Crippen LogP contribution is 2.27. The molecule has 0 saturated carbocycles. The Morgan fingerprint density at radius 1 is 1.17 bits per heavy atom. The normalized spacial score (nSPS) is 15.5. The van der Waals surface area contributed by atoms with Crippen molar-refractivity contribution in [3.05, 3.63) is 34.4 Å². The molecular weight excluding hydrogens is 220 g/mol. The van der Waals surface area contributed by atoms with Gasteiger partial charge in [-0.1, -0.05) is 32.9 Å². The lowest BCUT2D eigenvalue weighted by Gasteiger charge is -2.22. The van der Waals surface area contributed by atoms with Gasteiger partial charge in [-0.25, -0.2) is 0 Å². The number of hydrogen-bond donors (Lipinski definition) is 2. The van der Waals surface area contributed by atoms with Gasteiger partial charge in [0.1, 0.15) is 13.1 Å². The summed E-state index contributed by atoms with van der Waals surface area (Å²) in [7, 11) is 0. The number of hydrogen-bond acceptors (Lipinski definition) is 1. The minimum atomic E-state index is 0.227. The standard InChI is InChI=1S/C16H24N2/c1-11-8-13(16(3,4)5)9-12(2)14(11)10-15-17-6-7-18-15/h8-9H,6-7,10H2,1-5H3,(H,17,18)/p+1. The van der Waals surface area contributed by atoms with Crippen molar-refractivity contribution >= 4 is 5.84 Å². The number of benzene rings is 1. The van der Waals surface area contributed by atoms with Crippen LogP contribution in [0.15, 0.2) is 12.1 Å². The van der Waals surface area contributed by atoms with Gasteiger partial charge >= 0.3 is 0 Å². The molecule has 2 nitrogen and oxygen atoms in total. The Morgan fingerprint density at radius 3 is 2.22 bits per heavy atom. The second-order valence-electron chi connectivity index (χ2n) is 6.35. The molecule has 1 aliphatic rings. The molecule has 0 spiro atoms. The van der Waals surface area contributed by atoms with E-state index >= 15 is 0 Å². The molecule has 0 amide bonds. The van der Waals surface area contributed by atoms with E-state index in [0.29, 0.717) is 0 Å². The highest BCUT2D eigenvalue weighted by molar-refractivity contribution is 5.80. The van der Waals surface area contributed by atoms with Gasteiger partial charge in [0, 0.05) is 0 Å². The third-order valence-corrected chi connectivity index (χ3v) is 3.72. The third-order valence-electron chi connectivity index (χ3n) is 3.72. The summed E-state index contributed by atoms with van der Waals surface area (Å²) in [5.74, 6) is 1.27. The quantitative estimate of drug-likeness (QED) is 0.805. The molecule has 0 atom stereocenters. The lowest BCUT2D eigenvalue weighted by molar-refractivity contribution is -0.445. The topological polar surface area (TPSA) is 26.0 Å². The van der Waals surface area contributed by atoms with Crippen LogP contribution in [-0.2, 0) is 11.8 Å². The molecule has 0 fully saturated rings. The number of amidine groups is 1. The van der Waals surface area contributed by atoms with Crippen LogP contribution in [0.3, 0.4) is 0 Å². The van der Waals surface area contributed by atoms with Crippen molar-refractivity contribution in [1.82, 2.24) is 5.32 Å². The van der Waals surface area contributed by atoms with Gasteiger partial charge < -0.3 is 0 Å². The van der Waals surface area contributed by atoms with Crippen LogP contribution in [0.2, 0.25) is 0 Å². The minimum absolute atomic E-state index is 0.227. The number of nitrogens with one attached hydrogen (secondary N) is 2.